The summed E-state index contributed by atoms with van der Waals surface area (Å²) in [5.74, 6) is 0. The Morgan fingerprint density at radius 3 is 2.82 bits per heavy atom. The second-order valence-electron chi connectivity index (χ2n) is 5.45. The van der Waals surface area contributed by atoms with Crippen LogP contribution in [0.5, 0.6) is 0 Å². The molecule has 2 heterocycles. The minimum Gasteiger partial charge on any atom is -0.370 e. The van der Waals surface area contributed by atoms with Crippen molar-refractivity contribution in [2.45, 2.75) is 13.8 Å². The number of hydrogen-bond acceptors (Lipinski definition) is 4. The Labute approximate surface area is 136 Å². The van der Waals surface area contributed by atoms with Gasteiger partial charge in [0.15, 0.2) is 5.11 Å². The first-order valence-corrected chi connectivity index (χ1v) is 7.97. The number of quaternary nitrogens is 1. The zero-order chi connectivity index (χ0) is 15.9. The predicted molar refractivity (Wildman–Crippen MR) is 90.4 cm³/mol. The summed E-state index contributed by atoms with van der Waals surface area (Å²) >= 11 is 5.22. The largest absolute Gasteiger partial charge is 0.370 e. The van der Waals surface area contributed by atoms with Crippen LogP contribution in [0.4, 0.5) is 0 Å². The van der Waals surface area contributed by atoms with E-state index in [0.29, 0.717) is 5.11 Å². The molecule has 0 spiro atoms. The number of thiocarbonyl (C=S) groups is 1. The Balaban J connectivity index is 1.69. The van der Waals surface area contributed by atoms with Gasteiger partial charge >= 0.3 is 0 Å². The lowest BCUT2D eigenvalue weighted by molar-refractivity contribution is -0.906. The van der Waals surface area contributed by atoms with Crippen LogP contribution in [0.3, 0.4) is 0 Å². The highest BCUT2D eigenvalue weighted by molar-refractivity contribution is 7.80. The van der Waals surface area contributed by atoms with Crippen molar-refractivity contribution in [3.8, 4) is 0 Å². The van der Waals surface area contributed by atoms with Crippen LogP contribution in [-0.2, 0) is 11.8 Å². The number of hydrazone groups is 1. The summed E-state index contributed by atoms with van der Waals surface area (Å²) in [5, 5.41) is 12.2. The second kappa shape index (κ2) is 8.21. The fourth-order valence-corrected chi connectivity index (χ4v) is 2.59. The minimum absolute atomic E-state index is 0.545. The molecule has 1 aliphatic heterocycles. The Morgan fingerprint density at radius 2 is 2.18 bits per heavy atom. The summed E-state index contributed by atoms with van der Waals surface area (Å²) in [4.78, 5) is 1.55. The average Bonchev–Trinajstić information content (AvgIpc) is 2.74. The van der Waals surface area contributed by atoms with Gasteiger partial charge in [-0.15, -0.1) is 0 Å². The molecule has 122 valence electrons. The first-order chi connectivity index (χ1) is 10.6. The van der Waals surface area contributed by atoms with Crippen LogP contribution in [0.15, 0.2) is 5.10 Å². The minimum atomic E-state index is 0.545. The van der Waals surface area contributed by atoms with E-state index in [1.54, 1.807) is 11.1 Å². The number of nitrogens with zero attached hydrogens (tertiary/aromatic N) is 3. The normalized spacial score (nSPS) is 16.1. The summed E-state index contributed by atoms with van der Waals surface area (Å²) in [7, 11) is 1.92. The maximum absolute atomic E-state index is 5.34. The Bertz CT molecular complexity index is 536. The molecule has 1 aromatic rings. The highest BCUT2D eigenvalue weighted by Crippen LogP contribution is 2.08. The monoisotopic (exact) mass is 325 g/mol. The van der Waals surface area contributed by atoms with Gasteiger partial charge < -0.3 is 15.0 Å². The molecule has 0 aliphatic carbocycles. The molecule has 1 aliphatic rings. The summed E-state index contributed by atoms with van der Waals surface area (Å²) in [6, 6.07) is 0. The quantitative estimate of drug-likeness (QED) is 0.359. The zero-order valence-electron chi connectivity index (χ0n) is 13.5. The molecule has 0 radical (unpaired) electrons. The molecule has 0 amide bonds. The van der Waals surface area contributed by atoms with E-state index in [1.807, 2.05) is 25.6 Å². The molecule has 1 saturated heterocycles. The molecule has 8 heteroatoms. The van der Waals surface area contributed by atoms with Gasteiger partial charge in [-0.2, -0.15) is 10.2 Å². The fraction of sp³-hybridized carbons (Fsp3) is 0.643. The van der Waals surface area contributed by atoms with Gasteiger partial charge in [0.1, 0.15) is 13.1 Å². The lowest BCUT2D eigenvalue weighted by Crippen LogP contribution is -3.14. The molecular weight excluding hydrogens is 300 g/mol. The molecule has 3 N–H and O–H groups in total. The lowest BCUT2D eigenvalue weighted by atomic mass is 10.2. The smallest absolute Gasteiger partial charge is 0.187 e. The molecule has 0 aromatic carbocycles. The molecule has 1 fully saturated rings. The summed E-state index contributed by atoms with van der Waals surface area (Å²) in [5.41, 5.74) is 5.92. The van der Waals surface area contributed by atoms with Crippen LogP contribution >= 0.6 is 12.2 Å². The van der Waals surface area contributed by atoms with Crippen molar-refractivity contribution in [2.24, 2.45) is 12.1 Å². The Kier molecular flexibility index (Phi) is 6.29. The number of nitrogens with one attached hydrogen (secondary N) is 3. The highest BCUT2D eigenvalue weighted by atomic mass is 32.1. The van der Waals surface area contributed by atoms with E-state index in [9.17, 15) is 0 Å². The molecule has 2 rings (SSSR count). The Hall–Kier alpha value is -1.51. The summed E-state index contributed by atoms with van der Waals surface area (Å²) in [6.45, 7) is 9.70. The number of aromatic nitrogens is 2. The Morgan fingerprint density at radius 1 is 1.45 bits per heavy atom. The topological polar surface area (TPSA) is 67.9 Å². The van der Waals surface area contributed by atoms with Crippen LogP contribution < -0.4 is 15.6 Å². The molecule has 0 saturated carbocycles. The van der Waals surface area contributed by atoms with Crippen LogP contribution in [0.25, 0.3) is 0 Å². The van der Waals surface area contributed by atoms with Crippen molar-refractivity contribution in [1.29, 1.82) is 0 Å². The van der Waals surface area contributed by atoms with E-state index >= 15 is 0 Å². The lowest BCUT2D eigenvalue weighted by Gasteiger charge is -2.23. The van der Waals surface area contributed by atoms with Crippen LogP contribution in [0.2, 0.25) is 0 Å². The van der Waals surface area contributed by atoms with E-state index in [2.05, 4.69) is 20.9 Å². The number of ether oxygens (including phenoxy) is 1. The van der Waals surface area contributed by atoms with E-state index in [-0.39, 0.29) is 0 Å². The van der Waals surface area contributed by atoms with Crippen molar-refractivity contribution >= 4 is 23.5 Å². The average molecular weight is 325 g/mol. The summed E-state index contributed by atoms with van der Waals surface area (Å²) in [6.07, 6.45) is 1.76. The van der Waals surface area contributed by atoms with Gasteiger partial charge in [-0.05, 0) is 26.1 Å². The third-order valence-corrected chi connectivity index (χ3v) is 4.12. The van der Waals surface area contributed by atoms with Gasteiger partial charge in [0.25, 0.3) is 0 Å². The zero-order valence-corrected chi connectivity index (χ0v) is 14.3. The highest BCUT2D eigenvalue weighted by Gasteiger charge is 2.12. The second-order valence-corrected chi connectivity index (χ2v) is 5.85. The maximum atomic E-state index is 5.34. The van der Waals surface area contributed by atoms with Gasteiger partial charge in [0.2, 0.25) is 0 Å². The van der Waals surface area contributed by atoms with Crippen molar-refractivity contribution in [3.05, 3.63) is 17.0 Å². The van der Waals surface area contributed by atoms with E-state index in [4.69, 9.17) is 17.0 Å². The third-order valence-electron chi connectivity index (χ3n) is 3.89. The molecule has 0 unspecified atom stereocenters. The fourth-order valence-electron chi connectivity index (χ4n) is 2.43. The first-order valence-electron chi connectivity index (χ1n) is 7.56. The van der Waals surface area contributed by atoms with E-state index < -0.39 is 0 Å². The SMILES string of the molecule is Cc1nn(C)c(C)c1/C=N\NC(=S)NCC[NH+]1CCOCC1. The summed E-state index contributed by atoms with van der Waals surface area (Å²) < 4.78 is 7.18. The van der Waals surface area contributed by atoms with Gasteiger partial charge in [-0.1, -0.05) is 0 Å². The van der Waals surface area contributed by atoms with Gasteiger partial charge in [-0.3, -0.25) is 10.1 Å². The predicted octanol–water partition coefficient (Wildman–Crippen LogP) is -1.25. The van der Waals surface area contributed by atoms with Gasteiger partial charge in [0.05, 0.1) is 38.2 Å². The molecule has 0 atom stereocenters. The first kappa shape index (κ1) is 16.9. The maximum Gasteiger partial charge on any atom is 0.187 e. The van der Waals surface area contributed by atoms with E-state index in [0.717, 1.165) is 56.3 Å². The molecule has 22 heavy (non-hydrogen) atoms. The van der Waals surface area contributed by atoms with Gasteiger partial charge in [-0.25, -0.2) is 0 Å². The van der Waals surface area contributed by atoms with Crippen LogP contribution in [-0.4, -0.2) is 60.5 Å². The van der Waals surface area contributed by atoms with Crippen molar-refractivity contribution in [1.82, 2.24) is 20.5 Å². The molecule has 0 bridgehead atoms. The van der Waals surface area contributed by atoms with Crippen LogP contribution in [0.1, 0.15) is 17.0 Å². The van der Waals surface area contributed by atoms with Crippen LogP contribution in [0, 0.1) is 13.8 Å². The molecular formula is C14H25N6OS+. The standard InChI is InChI=1S/C14H24N6OS/c1-11-13(12(2)19(3)18-11)10-16-17-14(22)15-4-5-20-6-8-21-9-7-20/h10H,4-9H2,1-3H3,(H2,15,17,22)/p+1/b16-10-. The molecule has 7 nitrogen and oxygen atoms in total. The number of morpholine rings is 1. The van der Waals surface area contributed by atoms with Gasteiger partial charge in [0, 0.05) is 18.3 Å². The van der Waals surface area contributed by atoms with Crippen molar-refractivity contribution < 1.29 is 9.64 Å². The number of aryl methyl sites for hydroxylation is 2. The van der Waals surface area contributed by atoms with E-state index in [1.165, 1.54) is 0 Å². The van der Waals surface area contributed by atoms with Crippen molar-refractivity contribution in [2.75, 3.05) is 39.4 Å². The number of hydrogen-bond donors (Lipinski definition) is 3. The van der Waals surface area contributed by atoms with Crippen molar-refractivity contribution in [3.63, 3.8) is 0 Å². The molecule has 1 aromatic heterocycles. The number of rotatable bonds is 5. The third kappa shape index (κ3) is 4.75.